The molecule has 4 aliphatic rings. The molecule has 0 aromatic heterocycles. The summed E-state index contributed by atoms with van der Waals surface area (Å²) in [7, 11) is -3.83. The second-order valence-electron chi connectivity index (χ2n) is 8.29. The van der Waals surface area contributed by atoms with Crippen LogP contribution in [0.2, 0.25) is 5.02 Å². The number of benzene rings is 1. The van der Waals surface area contributed by atoms with Crippen LogP contribution in [-0.2, 0) is 10.0 Å². The molecule has 0 radical (unpaired) electrons. The van der Waals surface area contributed by atoms with Crippen molar-refractivity contribution < 1.29 is 13.3 Å². The molecule has 6 nitrogen and oxygen atoms in total. The van der Waals surface area contributed by atoms with E-state index in [1.165, 1.54) is 44.2 Å². The second kappa shape index (κ2) is 6.46. The lowest BCUT2D eigenvalue weighted by Gasteiger charge is -2.56. The Balaban J connectivity index is 1.54. The summed E-state index contributed by atoms with van der Waals surface area (Å²) in [5.41, 5.74) is -0.392. The lowest BCUT2D eigenvalue weighted by Crippen LogP contribution is -2.52. The lowest BCUT2D eigenvalue weighted by molar-refractivity contribution is -0.384. The van der Waals surface area contributed by atoms with Gasteiger partial charge < -0.3 is 0 Å². The standard InChI is InChI=1S/C18H23ClN2O4S/c1-10(18-13-5-11-4-12(7-13)8-14(18)6-11)20-26(24,25)15-2-3-16(19)17(9-15)21(22)23/h2-3,9-14,18,20H,4-8H2,1H3/t10-,11?,12?,13?,14?,18?/m1/s1. The van der Waals surface area contributed by atoms with Crippen LogP contribution in [0.5, 0.6) is 0 Å². The topological polar surface area (TPSA) is 89.3 Å². The molecule has 4 fully saturated rings. The van der Waals surface area contributed by atoms with Gasteiger partial charge in [0.2, 0.25) is 10.0 Å². The highest BCUT2D eigenvalue weighted by atomic mass is 35.5. The molecule has 1 aromatic carbocycles. The fraction of sp³-hybridized carbons (Fsp3) is 0.667. The molecule has 0 spiro atoms. The van der Waals surface area contributed by atoms with Crippen LogP contribution in [0, 0.1) is 39.7 Å². The first-order chi connectivity index (χ1) is 12.2. The van der Waals surface area contributed by atoms with E-state index in [2.05, 4.69) is 4.72 Å². The number of nitrogens with zero attached hydrogens (tertiary/aromatic N) is 1. The lowest BCUT2D eigenvalue weighted by atomic mass is 9.51. The van der Waals surface area contributed by atoms with Gasteiger partial charge in [-0.1, -0.05) is 11.6 Å². The zero-order valence-electron chi connectivity index (χ0n) is 14.6. The summed E-state index contributed by atoms with van der Waals surface area (Å²) >= 11 is 5.79. The SMILES string of the molecule is C[C@@H](NS(=O)(=O)c1ccc(Cl)c([N+](=O)[O-])c1)C1C2CC3CC(C2)CC1C3. The Kier molecular flexibility index (Phi) is 4.52. The minimum Gasteiger partial charge on any atom is -0.258 e. The maximum Gasteiger partial charge on any atom is 0.289 e. The van der Waals surface area contributed by atoms with Gasteiger partial charge in [0.25, 0.3) is 5.69 Å². The van der Waals surface area contributed by atoms with Gasteiger partial charge in [0.1, 0.15) is 5.02 Å². The van der Waals surface area contributed by atoms with Gasteiger partial charge in [0, 0.05) is 12.1 Å². The van der Waals surface area contributed by atoms with Crippen molar-refractivity contribution in [3.63, 3.8) is 0 Å². The van der Waals surface area contributed by atoms with Crippen LogP contribution < -0.4 is 4.72 Å². The molecule has 1 aromatic rings. The predicted molar refractivity (Wildman–Crippen MR) is 98.4 cm³/mol. The summed E-state index contributed by atoms with van der Waals surface area (Å²) in [6.45, 7) is 1.94. The van der Waals surface area contributed by atoms with Crippen molar-refractivity contribution in [1.29, 1.82) is 0 Å². The zero-order chi connectivity index (χ0) is 18.6. The first-order valence-corrected chi connectivity index (χ1v) is 11.1. The highest BCUT2D eigenvalue weighted by molar-refractivity contribution is 7.89. The Labute approximate surface area is 158 Å². The average Bonchev–Trinajstić information content (AvgIpc) is 2.53. The van der Waals surface area contributed by atoms with E-state index in [1.807, 2.05) is 6.92 Å². The Hall–Kier alpha value is -1.18. The van der Waals surface area contributed by atoms with Gasteiger partial charge in [-0.05, 0) is 80.8 Å². The van der Waals surface area contributed by atoms with Gasteiger partial charge in [0.05, 0.1) is 9.82 Å². The van der Waals surface area contributed by atoms with E-state index in [-0.39, 0.29) is 16.0 Å². The van der Waals surface area contributed by atoms with E-state index in [1.54, 1.807) is 0 Å². The molecule has 0 saturated heterocycles. The molecule has 4 saturated carbocycles. The summed E-state index contributed by atoms with van der Waals surface area (Å²) in [5, 5.41) is 11.0. The predicted octanol–water partition coefficient (Wildman–Crippen LogP) is 3.99. The Bertz CT molecular complexity index is 814. The normalized spacial score (nSPS) is 34.0. The van der Waals surface area contributed by atoms with Crippen molar-refractivity contribution in [3.8, 4) is 0 Å². The first kappa shape index (κ1) is 18.2. The van der Waals surface area contributed by atoms with Crippen LogP contribution in [0.1, 0.15) is 39.0 Å². The summed E-state index contributed by atoms with van der Waals surface area (Å²) in [6.07, 6.45) is 6.23. The molecule has 4 aliphatic carbocycles. The highest BCUT2D eigenvalue weighted by Gasteiger charge is 2.50. The zero-order valence-corrected chi connectivity index (χ0v) is 16.2. The molecule has 26 heavy (non-hydrogen) atoms. The minimum absolute atomic E-state index is 0.0666. The minimum atomic E-state index is -3.83. The Morgan fingerprint density at radius 3 is 2.27 bits per heavy atom. The van der Waals surface area contributed by atoms with Crippen molar-refractivity contribution in [2.45, 2.75) is 50.0 Å². The van der Waals surface area contributed by atoms with E-state index in [9.17, 15) is 18.5 Å². The quantitative estimate of drug-likeness (QED) is 0.599. The van der Waals surface area contributed by atoms with E-state index < -0.39 is 20.6 Å². The van der Waals surface area contributed by atoms with E-state index >= 15 is 0 Å². The van der Waals surface area contributed by atoms with Crippen molar-refractivity contribution in [2.75, 3.05) is 0 Å². The van der Waals surface area contributed by atoms with Gasteiger partial charge >= 0.3 is 0 Å². The summed E-state index contributed by atoms with van der Waals surface area (Å²) in [6, 6.07) is 3.45. The number of sulfonamides is 1. The third-order valence-corrected chi connectivity index (χ3v) is 8.52. The smallest absolute Gasteiger partial charge is 0.258 e. The first-order valence-electron chi connectivity index (χ1n) is 9.21. The third-order valence-electron chi connectivity index (χ3n) is 6.64. The van der Waals surface area contributed by atoms with Crippen LogP contribution >= 0.6 is 11.6 Å². The number of nitro benzene ring substituents is 1. The molecule has 8 heteroatoms. The maximum absolute atomic E-state index is 12.8. The molecular formula is C18H23ClN2O4S. The van der Waals surface area contributed by atoms with Crippen molar-refractivity contribution >= 4 is 27.3 Å². The third kappa shape index (κ3) is 3.14. The second-order valence-corrected chi connectivity index (χ2v) is 10.4. The summed E-state index contributed by atoms with van der Waals surface area (Å²) in [5.74, 6) is 3.22. The van der Waals surface area contributed by atoms with Gasteiger partial charge in [-0.25, -0.2) is 13.1 Å². The highest BCUT2D eigenvalue weighted by Crippen LogP contribution is 2.57. The monoisotopic (exact) mass is 398 g/mol. The summed E-state index contributed by atoms with van der Waals surface area (Å²) in [4.78, 5) is 10.3. The van der Waals surface area contributed by atoms with Crippen LogP contribution in [-0.4, -0.2) is 19.4 Å². The van der Waals surface area contributed by atoms with Gasteiger partial charge in [0.15, 0.2) is 0 Å². The van der Waals surface area contributed by atoms with Crippen LogP contribution in [0.25, 0.3) is 0 Å². The molecule has 0 unspecified atom stereocenters. The number of halogens is 1. The van der Waals surface area contributed by atoms with Crippen LogP contribution in [0.4, 0.5) is 5.69 Å². The number of hydrogen-bond donors (Lipinski definition) is 1. The maximum atomic E-state index is 12.8. The molecule has 5 rings (SSSR count). The largest absolute Gasteiger partial charge is 0.289 e. The van der Waals surface area contributed by atoms with E-state index in [4.69, 9.17) is 11.6 Å². The van der Waals surface area contributed by atoms with E-state index in [0.717, 1.165) is 17.9 Å². The fourth-order valence-corrected chi connectivity index (χ4v) is 7.46. The molecule has 0 heterocycles. The van der Waals surface area contributed by atoms with Gasteiger partial charge in [-0.2, -0.15) is 0 Å². The molecular weight excluding hydrogens is 376 g/mol. The Morgan fingerprint density at radius 1 is 1.15 bits per heavy atom. The van der Waals surface area contributed by atoms with Gasteiger partial charge in [-0.3, -0.25) is 10.1 Å². The average molecular weight is 399 g/mol. The van der Waals surface area contributed by atoms with Crippen molar-refractivity contribution in [1.82, 2.24) is 4.72 Å². The summed E-state index contributed by atoms with van der Waals surface area (Å²) < 4.78 is 28.4. The van der Waals surface area contributed by atoms with Crippen molar-refractivity contribution in [3.05, 3.63) is 33.3 Å². The number of rotatable bonds is 5. The number of hydrogen-bond acceptors (Lipinski definition) is 4. The van der Waals surface area contributed by atoms with Crippen LogP contribution in [0.3, 0.4) is 0 Å². The van der Waals surface area contributed by atoms with Crippen LogP contribution in [0.15, 0.2) is 23.1 Å². The van der Waals surface area contributed by atoms with Crippen molar-refractivity contribution in [2.24, 2.45) is 29.6 Å². The number of nitro groups is 1. The molecule has 4 bridgehead atoms. The molecule has 0 aliphatic heterocycles. The molecule has 1 atom stereocenters. The molecule has 1 N–H and O–H groups in total. The van der Waals surface area contributed by atoms with E-state index in [0.29, 0.717) is 17.8 Å². The van der Waals surface area contributed by atoms with Gasteiger partial charge in [-0.15, -0.1) is 0 Å². The molecule has 0 amide bonds. The Morgan fingerprint density at radius 2 is 1.73 bits per heavy atom. The molecule has 142 valence electrons. The number of nitrogens with one attached hydrogen (secondary N) is 1. The fourth-order valence-electron chi connectivity index (χ4n) is 5.97.